The number of hydrogen-bond acceptors (Lipinski definition) is 5. The van der Waals surface area contributed by atoms with Gasteiger partial charge >= 0.3 is 0 Å². The van der Waals surface area contributed by atoms with Gasteiger partial charge in [0, 0.05) is 18.0 Å². The van der Waals surface area contributed by atoms with Gasteiger partial charge in [-0.3, -0.25) is 4.98 Å². The molecule has 0 saturated carbocycles. The molecule has 0 bridgehead atoms. The first-order valence-electron chi connectivity index (χ1n) is 5.05. The fourth-order valence-electron chi connectivity index (χ4n) is 1.56. The van der Waals surface area contributed by atoms with Crippen molar-refractivity contribution in [3.05, 3.63) is 30.6 Å². The number of aromatic nitrogens is 2. The van der Waals surface area contributed by atoms with Crippen molar-refractivity contribution < 1.29 is 9.47 Å². The van der Waals surface area contributed by atoms with Crippen molar-refractivity contribution in [3.63, 3.8) is 0 Å². The molecule has 0 fully saturated rings. The lowest BCUT2D eigenvalue weighted by Crippen LogP contribution is -1.98. The van der Waals surface area contributed by atoms with Crippen molar-refractivity contribution in [1.29, 1.82) is 0 Å². The third kappa shape index (κ3) is 2.13. The van der Waals surface area contributed by atoms with Crippen LogP contribution in [0.3, 0.4) is 0 Å². The summed E-state index contributed by atoms with van der Waals surface area (Å²) in [6.07, 6.45) is 3.14. The predicted molar refractivity (Wildman–Crippen MR) is 65.0 cm³/mol. The van der Waals surface area contributed by atoms with E-state index in [0.29, 0.717) is 23.0 Å². The van der Waals surface area contributed by atoms with Gasteiger partial charge in [-0.1, -0.05) is 0 Å². The number of nitrogen functional groups attached to an aromatic ring is 1. The van der Waals surface area contributed by atoms with Crippen molar-refractivity contribution in [2.45, 2.75) is 0 Å². The van der Waals surface area contributed by atoms with E-state index >= 15 is 0 Å². The Hall–Kier alpha value is -2.30. The highest BCUT2D eigenvalue weighted by molar-refractivity contribution is 5.76. The van der Waals surface area contributed by atoms with Gasteiger partial charge in [-0.05, 0) is 18.2 Å². The van der Waals surface area contributed by atoms with Crippen LogP contribution in [0, 0.1) is 0 Å². The van der Waals surface area contributed by atoms with E-state index in [1.54, 1.807) is 26.6 Å². The topological polar surface area (TPSA) is 70.3 Å². The van der Waals surface area contributed by atoms with Crippen LogP contribution in [0.4, 0.5) is 5.82 Å². The first-order chi connectivity index (χ1) is 8.26. The summed E-state index contributed by atoms with van der Waals surface area (Å²) in [6.45, 7) is 0. The number of nitrogens with zero attached hydrogens (tertiary/aromatic N) is 2. The van der Waals surface area contributed by atoms with Crippen LogP contribution in [0.2, 0.25) is 0 Å². The molecule has 5 heteroatoms. The molecule has 0 radical (unpaired) electrons. The van der Waals surface area contributed by atoms with Gasteiger partial charge in [0.05, 0.1) is 14.2 Å². The van der Waals surface area contributed by atoms with Crippen LogP contribution in [0.15, 0.2) is 30.6 Å². The first kappa shape index (κ1) is 11.2. The van der Waals surface area contributed by atoms with Crippen molar-refractivity contribution in [2.24, 2.45) is 0 Å². The summed E-state index contributed by atoms with van der Waals surface area (Å²) in [7, 11) is 3.20. The highest BCUT2D eigenvalue weighted by Crippen LogP contribution is 2.34. The molecule has 0 spiro atoms. The molecular weight excluding hydrogens is 218 g/mol. The summed E-state index contributed by atoms with van der Waals surface area (Å²) < 4.78 is 10.4. The molecule has 0 saturated heterocycles. The first-order valence-corrected chi connectivity index (χ1v) is 5.05. The zero-order valence-electron chi connectivity index (χ0n) is 9.68. The van der Waals surface area contributed by atoms with Crippen LogP contribution in [-0.4, -0.2) is 24.2 Å². The third-order valence-electron chi connectivity index (χ3n) is 2.39. The Morgan fingerprint density at radius 3 is 2.47 bits per heavy atom. The average molecular weight is 231 g/mol. The molecule has 5 nitrogen and oxygen atoms in total. The molecule has 0 aliphatic rings. The van der Waals surface area contributed by atoms with Crippen molar-refractivity contribution in [3.8, 4) is 22.8 Å². The van der Waals surface area contributed by atoms with Gasteiger partial charge in [-0.2, -0.15) is 0 Å². The fourth-order valence-corrected chi connectivity index (χ4v) is 1.56. The number of ether oxygens (including phenoxy) is 2. The van der Waals surface area contributed by atoms with E-state index in [1.807, 2.05) is 18.2 Å². The maximum Gasteiger partial charge on any atom is 0.150 e. The van der Waals surface area contributed by atoms with Crippen LogP contribution in [-0.2, 0) is 0 Å². The minimum absolute atomic E-state index is 0.360. The van der Waals surface area contributed by atoms with Crippen molar-refractivity contribution in [1.82, 2.24) is 9.97 Å². The van der Waals surface area contributed by atoms with E-state index in [4.69, 9.17) is 15.2 Å². The normalized spacial score (nSPS) is 10.0. The lowest BCUT2D eigenvalue weighted by atomic mass is 10.1. The minimum Gasteiger partial charge on any atom is -0.497 e. The molecule has 1 aromatic heterocycles. The van der Waals surface area contributed by atoms with E-state index in [0.717, 1.165) is 5.56 Å². The summed E-state index contributed by atoms with van der Waals surface area (Å²) in [5, 5.41) is 0. The Bertz CT molecular complexity index is 529. The van der Waals surface area contributed by atoms with Gasteiger partial charge in [0.25, 0.3) is 0 Å². The van der Waals surface area contributed by atoms with Crippen LogP contribution in [0.1, 0.15) is 0 Å². The van der Waals surface area contributed by atoms with Crippen LogP contribution >= 0.6 is 0 Å². The van der Waals surface area contributed by atoms with Gasteiger partial charge < -0.3 is 15.2 Å². The molecule has 1 heterocycles. The Balaban J connectivity index is 2.60. The highest BCUT2D eigenvalue weighted by atomic mass is 16.5. The number of anilines is 1. The zero-order chi connectivity index (χ0) is 12.3. The molecule has 2 aromatic rings. The Morgan fingerprint density at radius 1 is 1.06 bits per heavy atom. The van der Waals surface area contributed by atoms with E-state index < -0.39 is 0 Å². The molecule has 17 heavy (non-hydrogen) atoms. The molecule has 0 unspecified atom stereocenters. The predicted octanol–water partition coefficient (Wildman–Crippen LogP) is 1.74. The van der Waals surface area contributed by atoms with Gasteiger partial charge in [0.2, 0.25) is 0 Å². The second-order valence-electron chi connectivity index (χ2n) is 3.36. The van der Waals surface area contributed by atoms with Gasteiger partial charge in [-0.25, -0.2) is 4.98 Å². The lowest BCUT2D eigenvalue weighted by Gasteiger charge is -2.10. The average Bonchev–Trinajstić information content (AvgIpc) is 2.38. The zero-order valence-corrected chi connectivity index (χ0v) is 9.68. The van der Waals surface area contributed by atoms with Crippen molar-refractivity contribution >= 4 is 5.82 Å². The number of nitrogens with two attached hydrogens (primary N) is 1. The number of rotatable bonds is 3. The number of hydrogen-bond donors (Lipinski definition) is 1. The maximum absolute atomic E-state index is 5.80. The second-order valence-corrected chi connectivity index (χ2v) is 3.36. The van der Waals surface area contributed by atoms with Gasteiger partial charge in [0.15, 0.2) is 0 Å². The van der Waals surface area contributed by atoms with E-state index in [-0.39, 0.29) is 0 Å². The number of benzene rings is 1. The Morgan fingerprint density at radius 2 is 1.82 bits per heavy atom. The quantitative estimate of drug-likeness (QED) is 0.871. The SMILES string of the molecule is COc1ccc(OC)c(-c2nccnc2N)c1. The Kier molecular flexibility index (Phi) is 3.09. The third-order valence-corrected chi connectivity index (χ3v) is 2.39. The molecule has 88 valence electrons. The van der Waals surface area contributed by atoms with Crippen LogP contribution in [0.5, 0.6) is 11.5 Å². The standard InChI is InChI=1S/C12H13N3O2/c1-16-8-3-4-10(17-2)9(7-8)11-12(13)15-6-5-14-11/h3-7H,1-2H3,(H2,13,15). The molecule has 2 rings (SSSR count). The van der Waals surface area contributed by atoms with Crippen LogP contribution in [0.25, 0.3) is 11.3 Å². The summed E-state index contributed by atoms with van der Waals surface area (Å²) in [5.74, 6) is 1.75. The Labute approximate surface area is 99.2 Å². The van der Waals surface area contributed by atoms with E-state index in [9.17, 15) is 0 Å². The van der Waals surface area contributed by atoms with Gasteiger partial charge in [0.1, 0.15) is 23.0 Å². The molecular formula is C12H13N3O2. The van der Waals surface area contributed by atoms with Gasteiger partial charge in [-0.15, -0.1) is 0 Å². The monoisotopic (exact) mass is 231 g/mol. The van der Waals surface area contributed by atoms with E-state index in [1.165, 1.54) is 0 Å². The molecule has 0 aliphatic heterocycles. The second kappa shape index (κ2) is 4.69. The molecule has 0 atom stereocenters. The number of methoxy groups -OCH3 is 2. The van der Waals surface area contributed by atoms with Crippen molar-refractivity contribution in [2.75, 3.05) is 20.0 Å². The fraction of sp³-hybridized carbons (Fsp3) is 0.167. The maximum atomic E-state index is 5.80. The molecule has 1 aromatic carbocycles. The summed E-state index contributed by atoms with van der Waals surface area (Å²) in [6, 6.07) is 5.44. The molecule has 2 N–H and O–H groups in total. The molecule has 0 amide bonds. The highest BCUT2D eigenvalue weighted by Gasteiger charge is 2.12. The summed E-state index contributed by atoms with van der Waals surface area (Å²) >= 11 is 0. The summed E-state index contributed by atoms with van der Waals surface area (Å²) in [4.78, 5) is 8.21. The minimum atomic E-state index is 0.360. The summed E-state index contributed by atoms with van der Waals surface area (Å²) in [5.41, 5.74) is 7.15. The van der Waals surface area contributed by atoms with E-state index in [2.05, 4.69) is 9.97 Å². The lowest BCUT2D eigenvalue weighted by molar-refractivity contribution is 0.404. The smallest absolute Gasteiger partial charge is 0.150 e. The molecule has 0 aliphatic carbocycles. The van der Waals surface area contributed by atoms with Crippen LogP contribution < -0.4 is 15.2 Å². The largest absolute Gasteiger partial charge is 0.497 e.